The van der Waals surface area contributed by atoms with Crippen LogP contribution in [0.25, 0.3) is 0 Å². The van der Waals surface area contributed by atoms with Gasteiger partial charge in [-0.2, -0.15) is 0 Å². The van der Waals surface area contributed by atoms with Crippen molar-refractivity contribution < 1.29 is 5.11 Å². The molecule has 0 saturated heterocycles. The van der Waals surface area contributed by atoms with Gasteiger partial charge in [-0.3, -0.25) is 0 Å². The van der Waals surface area contributed by atoms with Crippen LogP contribution in [0.4, 0.5) is 0 Å². The molecule has 1 atom stereocenters. The van der Waals surface area contributed by atoms with Crippen molar-refractivity contribution in [2.45, 2.75) is 25.7 Å². The molecule has 0 aromatic heterocycles. The van der Waals surface area contributed by atoms with Crippen molar-refractivity contribution in [3.8, 4) is 5.75 Å². The lowest BCUT2D eigenvalue weighted by Gasteiger charge is -2.15. The van der Waals surface area contributed by atoms with Crippen LogP contribution in [0.1, 0.15) is 34.6 Å². The van der Waals surface area contributed by atoms with Gasteiger partial charge in [-0.1, -0.05) is 36.4 Å². The topological polar surface area (TPSA) is 20.2 Å². The van der Waals surface area contributed by atoms with E-state index in [-0.39, 0.29) is 0 Å². The van der Waals surface area contributed by atoms with Gasteiger partial charge < -0.3 is 5.11 Å². The normalized spacial score (nSPS) is 18.1. The Morgan fingerprint density at radius 1 is 1.00 bits per heavy atom. The molecular formula is C16H16O. The van der Waals surface area contributed by atoms with Crippen molar-refractivity contribution in [2.24, 2.45) is 0 Å². The van der Waals surface area contributed by atoms with E-state index in [9.17, 15) is 5.11 Å². The number of phenolic OH excluding ortho intramolecular Hbond substituents is 1. The third kappa shape index (κ3) is 1.62. The second-order valence-electron chi connectivity index (χ2n) is 4.78. The lowest BCUT2D eigenvalue weighted by Crippen LogP contribution is -1.98. The van der Waals surface area contributed by atoms with Gasteiger partial charge in [-0.15, -0.1) is 0 Å². The summed E-state index contributed by atoms with van der Waals surface area (Å²) < 4.78 is 0. The lowest BCUT2D eigenvalue weighted by molar-refractivity contribution is 0.469. The number of aromatic hydroxyl groups is 1. The van der Waals surface area contributed by atoms with Crippen molar-refractivity contribution in [2.75, 3.05) is 0 Å². The van der Waals surface area contributed by atoms with Crippen LogP contribution in [0.3, 0.4) is 0 Å². The van der Waals surface area contributed by atoms with Crippen LogP contribution in [0.5, 0.6) is 5.75 Å². The summed E-state index contributed by atoms with van der Waals surface area (Å²) in [5.41, 5.74) is 5.19. The molecule has 0 radical (unpaired) electrons. The van der Waals surface area contributed by atoms with Crippen LogP contribution in [0.2, 0.25) is 0 Å². The van der Waals surface area contributed by atoms with E-state index >= 15 is 0 Å². The molecule has 86 valence electrons. The molecule has 17 heavy (non-hydrogen) atoms. The lowest BCUT2D eigenvalue weighted by atomic mass is 9.89. The van der Waals surface area contributed by atoms with Gasteiger partial charge in [-0.05, 0) is 48.1 Å². The predicted molar refractivity (Wildman–Crippen MR) is 69.4 cm³/mol. The zero-order valence-electron chi connectivity index (χ0n) is 9.98. The minimum Gasteiger partial charge on any atom is -0.508 e. The van der Waals surface area contributed by atoms with Crippen molar-refractivity contribution in [1.82, 2.24) is 0 Å². The van der Waals surface area contributed by atoms with Gasteiger partial charge in [0.2, 0.25) is 0 Å². The number of fused-ring (bicyclic) bond motifs is 1. The second kappa shape index (κ2) is 3.92. The molecule has 1 nitrogen and oxygen atoms in total. The van der Waals surface area contributed by atoms with Crippen LogP contribution in [-0.4, -0.2) is 5.11 Å². The molecule has 3 rings (SSSR count). The van der Waals surface area contributed by atoms with Crippen molar-refractivity contribution >= 4 is 0 Å². The molecule has 0 amide bonds. The molecule has 1 unspecified atom stereocenters. The van der Waals surface area contributed by atoms with E-state index < -0.39 is 0 Å². The Labute approximate surface area is 102 Å². The first kappa shape index (κ1) is 10.4. The molecule has 0 fully saturated rings. The Bertz CT molecular complexity index is 557. The molecule has 0 heterocycles. The largest absolute Gasteiger partial charge is 0.508 e. The highest BCUT2D eigenvalue weighted by molar-refractivity contribution is 5.48. The summed E-state index contributed by atoms with van der Waals surface area (Å²) >= 11 is 0. The molecule has 0 spiro atoms. The molecule has 1 N–H and O–H groups in total. The first-order chi connectivity index (χ1) is 8.27. The number of rotatable bonds is 1. The van der Waals surface area contributed by atoms with Crippen LogP contribution in [0, 0.1) is 6.92 Å². The summed E-state index contributed by atoms with van der Waals surface area (Å²) in [6.45, 7) is 2.01. The van der Waals surface area contributed by atoms with E-state index in [1.807, 2.05) is 13.0 Å². The molecular weight excluding hydrogens is 208 g/mol. The second-order valence-corrected chi connectivity index (χ2v) is 4.78. The highest BCUT2D eigenvalue weighted by Gasteiger charge is 2.24. The Morgan fingerprint density at radius 3 is 2.65 bits per heavy atom. The monoisotopic (exact) mass is 224 g/mol. The molecule has 0 saturated carbocycles. The van der Waals surface area contributed by atoms with E-state index in [4.69, 9.17) is 0 Å². The maximum Gasteiger partial charge on any atom is 0.118 e. The minimum absolute atomic E-state index is 0.409. The van der Waals surface area contributed by atoms with E-state index in [1.165, 1.54) is 16.7 Å². The molecule has 2 aromatic rings. The van der Waals surface area contributed by atoms with Gasteiger partial charge in [0.25, 0.3) is 0 Å². The van der Waals surface area contributed by atoms with Crippen LogP contribution >= 0.6 is 0 Å². The van der Waals surface area contributed by atoms with Crippen molar-refractivity contribution in [1.29, 1.82) is 0 Å². The maximum atomic E-state index is 9.81. The highest BCUT2D eigenvalue weighted by atomic mass is 16.3. The van der Waals surface area contributed by atoms with Gasteiger partial charge in [0.1, 0.15) is 5.75 Å². The Kier molecular flexibility index (Phi) is 2.40. The van der Waals surface area contributed by atoms with E-state index in [0.29, 0.717) is 11.7 Å². The first-order valence-corrected chi connectivity index (χ1v) is 6.13. The van der Waals surface area contributed by atoms with Crippen LogP contribution in [-0.2, 0) is 6.42 Å². The third-order valence-electron chi connectivity index (χ3n) is 3.86. The molecule has 0 bridgehead atoms. The number of hydrogen-bond donors (Lipinski definition) is 1. The molecule has 2 aromatic carbocycles. The van der Waals surface area contributed by atoms with Gasteiger partial charge in [0.15, 0.2) is 0 Å². The highest BCUT2D eigenvalue weighted by Crippen LogP contribution is 2.40. The number of benzene rings is 2. The zero-order valence-corrected chi connectivity index (χ0v) is 9.98. The van der Waals surface area contributed by atoms with Crippen LogP contribution < -0.4 is 0 Å². The number of phenols is 1. The van der Waals surface area contributed by atoms with Gasteiger partial charge >= 0.3 is 0 Å². The van der Waals surface area contributed by atoms with E-state index in [2.05, 4.69) is 30.3 Å². The van der Waals surface area contributed by atoms with Crippen molar-refractivity contribution in [3.05, 3.63) is 64.7 Å². The fourth-order valence-electron chi connectivity index (χ4n) is 2.90. The quantitative estimate of drug-likeness (QED) is 0.781. The molecule has 0 aliphatic heterocycles. The smallest absolute Gasteiger partial charge is 0.118 e. The van der Waals surface area contributed by atoms with Gasteiger partial charge in [0.05, 0.1) is 0 Å². The molecule has 1 aliphatic rings. The maximum absolute atomic E-state index is 9.81. The predicted octanol–water partition coefficient (Wildman–Crippen LogP) is 3.78. The Morgan fingerprint density at radius 2 is 1.76 bits per heavy atom. The van der Waals surface area contributed by atoms with Crippen molar-refractivity contribution in [3.63, 3.8) is 0 Å². The average Bonchev–Trinajstić information content (AvgIpc) is 2.77. The number of aryl methyl sites for hydroxylation is 1. The van der Waals surface area contributed by atoms with E-state index in [0.717, 1.165) is 18.4 Å². The fourth-order valence-corrected chi connectivity index (χ4v) is 2.90. The summed E-state index contributed by atoms with van der Waals surface area (Å²) in [5.74, 6) is 0.866. The van der Waals surface area contributed by atoms with Gasteiger partial charge in [0, 0.05) is 5.92 Å². The fraction of sp³-hybridized carbons (Fsp3) is 0.250. The molecule has 1 heteroatoms. The zero-order chi connectivity index (χ0) is 11.8. The van der Waals surface area contributed by atoms with Gasteiger partial charge in [-0.25, -0.2) is 0 Å². The molecule has 1 aliphatic carbocycles. The summed E-state index contributed by atoms with van der Waals surface area (Å²) in [5, 5.41) is 9.81. The summed E-state index contributed by atoms with van der Waals surface area (Å²) in [6.07, 6.45) is 2.31. The standard InChI is InChI=1S/C16H16O/c1-11-13(7-4-8-16(11)17)15-10-9-12-5-2-3-6-14(12)15/h2-8,15,17H,9-10H2,1H3. The number of hydrogen-bond acceptors (Lipinski definition) is 1. The SMILES string of the molecule is Cc1c(O)cccc1C1CCc2ccccc21. The van der Waals surface area contributed by atoms with Crippen LogP contribution in [0.15, 0.2) is 42.5 Å². The minimum atomic E-state index is 0.409. The Hall–Kier alpha value is -1.76. The average molecular weight is 224 g/mol. The summed E-state index contributed by atoms with van der Waals surface area (Å²) in [7, 11) is 0. The van der Waals surface area contributed by atoms with E-state index in [1.54, 1.807) is 6.07 Å². The third-order valence-corrected chi connectivity index (χ3v) is 3.86. The Balaban J connectivity index is 2.10. The first-order valence-electron chi connectivity index (χ1n) is 6.13. The summed E-state index contributed by atoms with van der Waals surface area (Å²) in [4.78, 5) is 0. The summed E-state index contributed by atoms with van der Waals surface area (Å²) in [6, 6.07) is 14.5.